The molecule has 0 radical (unpaired) electrons. The number of pyridine rings is 1. The summed E-state index contributed by atoms with van der Waals surface area (Å²) in [4.78, 5) is 4.68. The molecular formula is C24H22ClF2N5O. The molecule has 1 aliphatic rings. The predicted octanol–water partition coefficient (Wildman–Crippen LogP) is 5.04. The van der Waals surface area contributed by atoms with Crippen LogP contribution in [0.1, 0.15) is 11.1 Å². The Kier molecular flexibility index (Phi) is 5.86. The minimum atomic E-state index is -3.42. The SMILES string of the molecule is FC(F)(Cl)COc1cccc(-c2cccn3nc(Nc4ccc5c(c4)CCNCC5)nc23)c1. The molecule has 33 heavy (non-hydrogen) atoms. The van der Waals surface area contributed by atoms with Crippen LogP contribution in [0.2, 0.25) is 0 Å². The standard InChI is InChI=1S/C24H22ClF2N5O/c25-24(26,27)15-33-20-4-1-3-18(14-20)21-5-2-12-32-22(21)30-23(31-32)29-19-7-6-16-8-10-28-11-9-17(16)13-19/h1-7,12-14,28H,8-11,15H2,(H,29,31). The first kappa shape index (κ1) is 21.6. The number of hydrogen-bond acceptors (Lipinski definition) is 5. The molecule has 0 amide bonds. The van der Waals surface area contributed by atoms with Crippen molar-refractivity contribution in [2.24, 2.45) is 0 Å². The molecule has 4 aromatic rings. The Morgan fingerprint density at radius 3 is 2.76 bits per heavy atom. The van der Waals surface area contributed by atoms with Gasteiger partial charge in [-0.1, -0.05) is 18.2 Å². The second-order valence-corrected chi connectivity index (χ2v) is 8.47. The molecule has 6 nitrogen and oxygen atoms in total. The van der Waals surface area contributed by atoms with Crippen molar-refractivity contribution in [1.82, 2.24) is 19.9 Å². The van der Waals surface area contributed by atoms with Crippen molar-refractivity contribution in [3.8, 4) is 16.9 Å². The first-order valence-electron chi connectivity index (χ1n) is 10.7. The molecule has 0 unspecified atom stereocenters. The zero-order valence-corrected chi connectivity index (χ0v) is 18.4. The maximum absolute atomic E-state index is 12.9. The summed E-state index contributed by atoms with van der Waals surface area (Å²) in [7, 11) is 0. The number of anilines is 2. The van der Waals surface area contributed by atoms with Crippen LogP contribution in [0.4, 0.5) is 20.4 Å². The molecule has 0 fully saturated rings. The van der Waals surface area contributed by atoms with Gasteiger partial charge in [0.25, 0.3) is 0 Å². The van der Waals surface area contributed by atoms with E-state index in [1.54, 1.807) is 22.7 Å². The van der Waals surface area contributed by atoms with E-state index in [-0.39, 0.29) is 0 Å². The van der Waals surface area contributed by atoms with Crippen molar-refractivity contribution < 1.29 is 13.5 Å². The van der Waals surface area contributed by atoms with E-state index in [4.69, 9.17) is 16.3 Å². The minimum absolute atomic E-state index is 0.298. The molecule has 0 aliphatic carbocycles. The molecule has 0 saturated heterocycles. The zero-order valence-electron chi connectivity index (χ0n) is 17.7. The molecular weight excluding hydrogens is 448 g/mol. The average molecular weight is 470 g/mol. The molecule has 0 atom stereocenters. The number of benzene rings is 2. The molecule has 3 heterocycles. The van der Waals surface area contributed by atoms with Crippen LogP contribution in [0.3, 0.4) is 0 Å². The van der Waals surface area contributed by atoms with Crippen LogP contribution in [0.25, 0.3) is 16.8 Å². The van der Waals surface area contributed by atoms with Crippen LogP contribution in [0.15, 0.2) is 60.8 Å². The molecule has 2 aromatic heterocycles. The number of nitrogens with one attached hydrogen (secondary N) is 2. The second-order valence-electron chi connectivity index (χ2n) is 7.92. The maximum atomic E-state index is 12.9. The number of aromatic nitrogens is 3. The van der Waals surface area contributed by atoms with Crippen LogP contribution in [-0.4, -0.2) is 39.7 Å². The van der Waals surface area contributed by atoms with E-state index in [2.05, 4.69) is 32.8 Å². The number of alkyl halides is 3. The van der Waals surface area contributed by atoms with Gasteiger partial charge in [-0.3, -0.25) is 0 Å². The Bertz CT molecular complexity index is 1290. The quantitative estimate of drug-likeness (QED) is 0.387. The summed E-state index contributed by atoms with van der Waals surface area (Å²) in [5, 5.41) is 7.86. The van der Waals surface area contributed by atoms with Crippen LogP contribution in [-0.2, 0) is 12.8 Å². The normalized spacial score (nSPS) is 14.0. The highest BCUT2D eigenvalue weighted by atomic mass is 35.5. The van der Waals surface area contributed by atoms with E-state index in [0.29, 0.717) is 17.3 Å². The topological polar surface area (TPSA) is 63.5 Å². The van der Waals surface area contributed by atoms with E-state index in [1.807, 2.05) is 30.5 Å². The largest absolute Gasteiger partial charge is 0.486 e. The number of hydrogen-bond donors (Lipinski definition) is 2. The monoisotopic (exact) mass is 469 g/mol. The van der Waals surface area contributed by atoms with Gasteiger partial charge in [-0.05, 0) is 90.6 Å². The first-order chi connectivity index (χ1) is 15.9. The Balaban J connectivity index is 1.42. The summed E-state index contributed by atoms with van der Waals surface area (Å²) in [5.41, 5.74) is 5.84. The molecule has 0 spiro atoms. The molecule has 9 heteroatoms. The summed E-state index contributed by atoms with van der Waals surface area (Å²) >= 11 is 4.94. The van der Waals surface area contributed by atoms with Gasteiger partial charge in [0.1, 0.15) is 5.75 Å². The van der Waals surface area contributed by atoms with E-state index < -0.39 is 12.0 Å². The van der Waals surface area contributed by atoms with Gasteiger partial charge in [0.05, 0.1) is 0 Å². The Labute approximate surface area is 194 Å². The molecule has 2 N–H and O–H groups in total. The third-order valence-electron chi connectivity index (χ3n) is 5.51. The van der Waals surface area contributed by atoms with E-state index in [0.717, 1.165) is 42.7 Å². The van der Waals surface area contributed by atoms with Gasteiger partial charge in [0.15, 0.2) is 12.3 Å². The van der Waals surface area contributed by atoms with Gasteiger partial charge in [-0.15, -0.1) is 5.10 Å². The highest BCUT2D eigenvalue weighted by Gasteiger charge is 2.25. The van der Waals surface area contributed by atoms with Crippen molar-refractivity contribution in [2.75, 3.05) is 25.0 Å². The summed E-state index contributed by atoms with van der Waals surface area (Å²) in [6.45, 7) is 1.06. The third kappa shape index (κ3) is 5.07. The van der Waals surface area contributed by atoms with Gasteiger partial charge in [0.2, 0.25) is 5.95 Å². The number of rotatable bonds is 6. The lowest BCUT2D eigenvalue weighted by Crippen LogP contribution is -2.17. The lowest BCUT2D eigenvalue weighted by Gasteiger charge is -2.11. The van der Waals surface area contributed by atoms with Crippen molar-refractivity contribution >= 4 is 28.9 Å². The lowest BCUT2D eigenvalue weighted by molar-refractivity contribution is 0.0393. The first-order valence-corrected chi connectivity index (χ1v) is 11.1. The van der Waals surface area contributed by atoms with Crippen LogP contribution < -0.4 is 15.4 Å². The lowest BCUT2D eigenvalue weighted by atomic mass is 10.0. The van der Waals surface area contributed by atoms with Gasteiger partial charge in [0, 0.05) is 17.4 Å². The van der Waals surface area contributed by atoms with Crippen LogP contribution in [0, 0.1) is 0 Å². The fourth-order valence-electron chi connectivity index (χ4n) is 3.98. The van der Waals surface area contributed by atoms with Crippen molar-refractivity contribution in [3.05, 3.63) is 71.9 Å². The molecule has 170 valence electrons. The highest BCUT2D eigenvalue weighted by molar-refractivity contribution is 6.21. The highest BCUT2D eigenvalue weighted by Crippen LogP contribution is 2.29. The Morgan fingerprint density at radius 2 is 1.91 bits per heavy atom. The third-order valence-corrected chi connectivity index (χ3v) is 5.62. The van der Waals surface area contributed by atoms with Gasteiger partial charge in [-0.25, -0.2) is 4.52 Å². The smallest absolute Gasteiger partial charge is 0.355 e. The summed E-state index contributed by atoms with van der Waals surface area (Å²) < 4.78 is 32.7. The molecule has 1 aliphatic heterocycles. The number of fused-ring (bicyclic) bond motifs is 2. The van der Waals surface area contributed by atoms with E-state index >= 15 is 0 Å². The zero-order chi connectivity index (χ0) is 22.8. The van der Waals surface area contributed by atoms with Crippen LogP contribution in [0.5, 0.6) is 5.75 Å². The number of nitrogens with zero attached hydrogens (tertiary/aromatic N) is 3. The molecule has 2 aromatic carbocycles. The summed E-state index contributed by atoms with van der Waals surface area (Å²) in [6, 6.07) is 17.0. The predicted molar refractivity (Wildman–Crippen MR) is 125 cm³/mol. The average Bonchev–Trinajstić information content (AvgIpc) is 3.06. The van der Waals surface area contributed by atoms with Crippen LogP contribution >= 0.6 is 11.6 Å². The maximum Gasteiger partial charge on any atom is 0.355 e. The van der Waals surface area contributed by atoms with E-state index in [1.165, 1.54) is 11.1 Å². The summed E-state index contributed by atoms with van der Waals surface area (Å²) in [5.74, 6) is 0.774. The molecule has 5 rings (SSSR count). The fraction of sp³-hybridized carbons (Fsp3) is 0.250. The number of halogens is 3. The molecule has 0 saturated carbocycles. The van der Waals surface area contributed by atoms with Crippen molar-refractivity contribution in [3.63, 3.8) is 0 Å². The minimum Gasteiger partial charge on any atom is -0.486 e. The van der Waals surface area contributed by atoms with E-state index in [9.17, 15) is 8.78 Å². The van der Waals surface area contributed by atoms with Gasteiger partial charge < -0.3 is 15.4 Å². The molecule has 0 bridgehead atoms. The van der Waals surface area contributed by atoms with Crippen molar-refractivity contribution in [1.29, 1.82) is 0 Å². The number of ether oxygens (including phenoxy) is 1. The van der Waals surface area contributed by atoms with Gasteiger partial charge in [-0.2, -0.15) is 13.8 Å². The summed E-state index contributed by atoms with van der Waals surface area (Å²) in [6.07, 6.45) is 3.83. The Morgan fingerprint density at radius 1 is 1.06 bits per heavy atom. The fourth-order valence-corrected chi connectivity index (χ4v) is 4.04. The second kappa shape index (κ2) is 8.96. The van der Waals surface area contributed by atoms with Crippen molar-refractivity contribution in [2.45, 2.75) is 18.2 Å². The van der Waals surface area contributed by atoms with Gasteiger partial charge >= 0.3 is 5.38 Å². The Hall–Kier alpha value is -3.23.